The number of benzene rings is 2. The number of furan rings is 1. The van der Waals surface area contributed by atoms with Gasteiger partial charge in [-0.2, -0.15) is 0 Å². The number of nitrogens with zero attached hydrogens (tertiary/aromatic N) is 1. The predicted molar refractivity (Wildman–Crippen MR) is 105 cm³/mol. The summed E-state index contributed by atoms with van der Waals surface area (Å²) in [5.41, 5.74) is 2.28. The number of fused-ring (bicyclic) bond motifs is 6. The first kappa shape index (κ1) is 17.9. The van der Waals surface area contributed by atoms with Crippen molar-refractivity contribution in [2.45, 2.75) is 40.2 Å². The quantitative estimate of drug-likeness (QED) is 0.593. The fraction of sp³-hybridized carbons (Fsp3) is 0.409. The maximum atomic E-state index is 12.7. The van der Waals surface area contributed by atoms with Gasteiger partial charge in [0.2, 0.25) is 0 Å². The van der Waals surface area contributed by atoms with E-state index in [0.717, 1.165) is 59.0 Å². The number of unbranched alkanes of at least 4 members (excludes halogenated alkanes) is 1. The van der Waals surface area contributed by atoms with Gasteiger partial charge in [-0.3, -0.25) is 4.90 Å². The summed E-state index contributed by atoms with van der Waals surface area (Å²) in [6.45, 7) is 8.43. The lowest BCUT2D eigenvalue weighted by molar-refractivity contribution is 0.0526. The highest BCUT2D eigenvalue weighted by atomic mass is 16.5. The van der Waals surface area contributed by atoms with Gasteiger partial charge in [-0.1, -0.05) is 37.6 Å². The van der Waals surface area contributed by atoms with Crippen molar-refractivity contribution >= 4 is 27.7 Å². The molecule has 27 heavy (non-hydrogen) atoms. The van der Waals surface area contributed by atoms with Crippen molar-refractivity contribution in [2.24, 2.45) is 0 Å². The molecule has 0 N–H and O–H groups in total. The third-order valence-electron chi connectivity index (χ3n) is 5.16. The number of esters is 1. The monoisotopic (exact) mass is 367 g/mol. The van der Waals surface area contributed by atoms with Gasteiger partial charge in [-0.25, -0.2) is 4.79 Å². The summed E-state index contributed by atoms with van der Waals surface area (Å²) in [4.78, 5) is 15.0. The molecule has 1 aliphatic heterocycles. The normalized spacial score (nSPS) is 14.3. The van der Waals surface area contributed by atoms with Gasteiger partial charge in [0.15, 0.2) is 0 Å². The van der Waals surface area contributed by atoms with Crippen molar-refractivity contribution in [1.82, 2.24) is 4.90 Å². The molecule has 0 fully saturated rings. The minimum atomic E-state index is -0.336. The van der Waals surface area contributed by atoms with E-state index in [2.05, 4.69) is 17.9 Å². The van der Waals surface area contributed by atoms with E-state index in [0.29, 0.717) is 24.7 Å². The summed E-state index contributed by atoms with van der Waals surface area (Å²) in [7, 11) is 0. The third-order valence-corrected chi connectivity index (χ3v) is 5.16. The average Bonchev–Trinajstić information content (AvgIpc) is 3.04. The lowest BCUT2D eigenvalue weighted by Gasteiger charge is -2.30. The number of hydrogen-bond donors (Lipinski definition) is 0. The van der Waals surface area contributed by atoms with Gasteiger partial charge in [0.1, 0.15) is 29.4 Å². The number of carbonyl (C=O) groups excluding carboxylic acids is 1. The summed E-state index contributed by atoms with van der Waals surface area (Å²) in [5.74, 6) is 1.11. The van der Waals surface area contributed by atoms with Crippen molar-refractivity contribution in [3.05, 3.63) is 41.2 Å². The molecule has 1 aliphatic rings. The van der Waals surface area contributed by atoms with E-state index in [9.17, 15) is 4.79 Å². The first-order valence-electron chi connectivity index (χ1n) is 9.64. The van der Waals surface area contributed by atoms with Crippen LogP contribution in [-0.2, 0) is 11.3 Å². The van der Waals surface area contributed by atoms with Crippen molar-refractivity contribution in [3.63, 3.8) is 0 Å². The molecule has 5 nitrogen and oxygen atoms in total. The summed E-state index contributed by atoms with van der Waals surface area (Å²) in [6.07, 6.45) is 2.25. The molecule has 0 atom stereocenters. The van der Waals surface area contributed by atoms with E-state index < -0.39 is 0 Å². The lowest BCUT2D eigenvalue weighted by Crippen LogP contribution is -2.33. The Labute approximate surface area is 158 Å². The van der Waals surface area contributed by atoms with Crippen molar-refractivity contribution < 1.29 is 18.7 Å². The number of aryl methyl sites for hydroxylation is 1. The summed E-state index contributed by atoms with van der Waals surface area (Å²) in [6, 6.07) is 8.05. The molecule has 0 unspecified atom stereocenters. The highest BCUT2D eigenvalue weighted by Crippen LogP contribution is 2.44. The zero-order chi connectivity index (χ0) is 19.0. The fourth-order valence-corrected chi connectivity index (χ4v) is 3.89. The Morgan fingerprint density at radius 2 is 2.00 bits per heavy atom. The van der Waals surface area contributed by atoms with Gasteiger partial charge in [-0.05, 0) is 20.3 Å². The fourth-order valence-electron chi connectivity index (χ4n) is 3.89. The molecular formula is C22H25NO4. The Kier molecular flexibility index (Phi) is 4.79. The van der Waals surface area contributed by atoms with Gasteiger partial charge in [-0.15, -0.1) is 0 Å². The topological polar surface area (TPSA) is 51.9 Å². The minimum Gasteiger partial charge on any atom is -0.477 e. The van der Waals surface area contributed by atoms with Crippen LogP contribution in [0.3, 0.4) is 0 Å². The van der Waals surface area contributed by atoms with Crippen molar-refractivity contribution in [3.8, 4) is 5.75 Å². The van der Waals surface area contributed by atoms with Crippen LogP contribution in [0.2, 0.25) is 0 Å². The lowest BCUT2D eigenvalue weighted by atomic mass is 9.96. The van der Waals surface area contributed by atoms with Crippen LogP contribution in [0.4, 0.5) is 0 Å². The molecular weight excluding hydrogens is 342 g/mol. The van der Waals surface area contributed by atoms with E-state index in [4.69, 9.17) is 13.9 Å². The van der Waals surface area contributed by atoms with Crippen molar-refractivity contribution in [2.75, 3.05) is 19.9 Å². The summed E-state index contributed by atoms with van der Waals surface area (Å²) in [5, 5.41) is 2.83. The van der Waals surface area contributed by atoms with E-state index in [1.807, 2.05) is 32.0 Å². The smallest absolute Gasteiger partial charge is 0.342 e. The molecule has 2 aromatic carbocycles. The van der Waals surface area contributed by atoms with Crippen molar-refractivity contribution in [1.29, 1.82) is 0 Å². The standard InChI is InChI=1S/C22H25NO4/c1-4-6-11-23-12-17-19-18(22(24)25-5-2)14(3)27-21(19)16-10-8-7-9-15(16)20(17)26-13-23/h7-10H,4-6,11-13H2,1-3H3. The van der Waals surface area contributed by atoms with Crippen LogP contribution >= 0.6 is 0 Å². The largest absolute Gasteiger partial charge is 0.477 e. The summed E-state index contributed by atoms with van der Waals surface area (Å²) >= 11 is 0. The van der Waals surface area contributed by atoms with E-state index >= 15 is 0 Å². The second-order valence-electron chi connectivity index (χ2n) is 6.99. The van der Waals surface area contributed by atoms with E-state index in [-0.39, 0.29) is 5.97 Å². The molecule has 0 spiro atoms. The van der Waals surface area contributed by atoms with E-state index in [1.165, 1.54) is 0 Å². The Bertz CT molecular complexity index is 1000. The predicted octanol–water partition coefficient (Wildman–Crippen LogP) is 5.02. The van der Waals surface area contributed by atoms with Crippen LogP contribution in [0.15, 0.2) is 28.7 Å². The average molecular weight is 367 g/mol. The van der Waals surface area contributed by atoms with Gasteiger partial charge < -0.3 is 13.9 Å². The Morgan fingerprint density at radius 3 is 2.74 bits per heavy atom. The van der Waals surface area contributed by atoms with Gasteiger partial charge in [0.25, 0.3) is 0 Å². The Morgan fingerprint density at radius 1 is 1.22 bits per heavy atom. The maximum Gasteiger partial charge on any atom is 0.342 e. The van der Waals surface area contributed by atoms with Gasteiger partial charge in [0, 0.05) is 34.8 Å². The zero-order valence-corrected chi connectivity index (χ0v) is 16.1. The van der Waals surface area contributed by atoms with Crippen LogP contribution in [0.25, 0.3) is 21.7 Å². The maximum absolute atomic E-state index is 12.7. The number of rotatable bonds is 5. The number of ether oxygens (including phenoxy) is 2. The molecule has 4 rings (SSSR count). The Hall–Kier alpha value is -2.53. The first-order chi connectivity index (χ1) is 13.2. The third kappa shape index (κ3) is 2.96. The molecule has 5 heteroatoms. The molecule has 0 amide bonds. The number of hydrogen-bond acceptors (Lipinski definition) is 5. The molecule has 1 aromatic heterocycles. The molecule has 0 aliphatic carbocycles. The minimum absolute atomic E-state index is 0.333. The van der Waals surface area contributed by atoms with Crippen LogP contribution in [-0.4, -0.2) is 30.8 Å². The molecule has 0 bridgehead atoms. The Balaban J connectivity index is 1.98. The highest BCUT2D eigenvalue weighted by molar-refractivity contribution is 6.16. The molecule has 0 saturated carbocycles. The second-order valence-corrected chi connectivity index (χ2v) is 6.99. The molecule has 0 radical (unpaired) electrons. The van der Waals surface area contributed by atoms with Crippen LogP contribution in [0.1, 0.15) is 48.4 Å². The second kappa shape index (κ2) is 7.24. The highest BCUT2D eigenvalue weighted by Gasteiger charge is 2.30. The number of carbonyl (C=O) groups is 1. The van der Waals surface area contributed by atoms with Gasteiger partial charge in [0.05, 0.1) is 6.61 Å². The molecule has 2 heterocycles. The molecule has 3 aromatic rings. The SMILES string of the molecule is CCCCN1COc2c(c3c(C(=O)OCC)c(C)oc3c3ccccc23)C1. The van der Waals surface area contributed by atoms with Crippen LogP contribution in [0, 0.1) is 6.92 Å². The first-order valence-corrected chi connectivity index (χ1v) is 9.64. The summed E-state index contributed by atoms with van der Waals surface area (Å²) < 4.78 is 17.6. The van der Waals surface area contributed by atoms with E-state index in [1.54, 1.807) is 0 Å². The van der Waals surface area contributed by atoms with Crippen LogP contribution < -0.4 is 4.74 Å². The molecule has 0 saturated heterocycles. The molecule has 142 valence electrons. The zero-order valence-electron chi connectivity index (χ0n) is 16.1. The van der Waals surface area contributed by atoms with Gasteiger partial charge >= 0.3 is 5.97 Å². The van der Waals surface area contributed by atoms with Crippen LogP contribution in [0.5, 0.6) is 5.75 Å².